The lowest BCUT2D eigenvalue weighted by Crippen LogP contribution is -2.40. The number of imide groups is 1. The van der Waals surface area contributed by atoms with Gasteiger partial charge >= 0.3 is 6.03 Å². The third-order valence-corrected chi connectivity index (χ3v) is 4.71. The first kappa shape index (κ1) is 19.0. The van der Waals surface area contributed by atoms with Gasteiger partial charge in [0.2, 0.25) is 0 Å². The normalized spacial score (nSPS) is 19.6. The zero-order chi connectivity index (χ0) is 19.8. The first-order chi connectivity index (χ1) is 12.8. The molecule has 2 aromatic carbocycles. The molecule has 140 valence electrons. The molecule has 1 heterocycles. The molecule has 1 aliphatic rings. The summed E-state index contributed by atoms with van der Waals surface area (Å²) in [5.41, 5.74) is -0.534. The topological polar surface area (TPSA) is 91.2 Å². The summed E-state index contributed by atoms with van der Waals surface area (Å²) in [6.07, 6.45) is 1.14. The minimum atomic E-state index is -1.28. The molecule has 2 N–H and O–H groups in total. The van der Waals surface area contributed by atoms with Gasteiger partial charge in [0.1, 0.15) is 17.0 Å². The number of benzene rings is 2. The number of phenolic OH excluding ortho intramolecular Hbond substituents is 1. The highest BCUT2D eigenvalue weighted by molar-refractivity contribution is 6.36. The molecule has 1 fully saturated rings. The van der Waals surface area contributed by atoms with Crippen LogP contribution in [0.2, 0.25) is 10.0 Å². The van der Waals surface area contributed by atoms with E-state index in [9.17, 15) is 14.7 Å². The van der Waals surface area contributed by atoms with Crippen LogP contribution in [0.25, 0.3) is 0 Å². The predicted molar refractivity (Wildman–Crippen MR) is 101 cm³/mol. The van der Waals surface area contributed by atoms with Crippen molar-refractivity contribution >= 4 is 41.4 Å². The van der Waals surface area contributed by atoms with Crippen LogP contribution in [0.5, 0.6) is 11.5 Å². The fourth-order valence-electron chi connectivity index (χ4n) is 2.65. The molecule has 0 aromatic heterocycles. The number of carbonyl (C=O) groups is 2. The SMILES string of the molecule is COc1ccc(C2(C)NC(=O)N(/N=C/c3cc(Cl)cc(Cl)c3O)C2=O)cc1. The molecular formula is C18H15Cl2N3O4. The molecule has 9 heteroatoms. The van der Waals surface area contributed by atoms with Crippen LogP contribution in [0, 0.1) is 0 Å². The maximum atomic E-state index is 12.8. The summed E-state index contributed by atoms with van der Waals surface area (Å²) in [7, 11) is 1.53. The molecule has 1 unspecified atom stereocenters. The number of ether oxygens (including phenoxy) is 1. The number of hydrogen-bond acceptors (Lipinski definition) is 5. The number of nitrogens with zero attached hydrogens (tertiary/aromatic N) is 2. The van der Waals surface area contributed by atoms with Gasteiger partial charge in [-0.2, -0.15) is 5.10 Å². The molecule has 2 aromatic rings. The molecule has 1 atom stereocenters. The van der Waals surface area contributed by atoms with Crippen LogP contribution in [-0.4, -0.2) is 35.4 Å². The number of aromatic hydroxyl groups is 1. The van der Waals surface area contributed by atoms with Gasteiger partial charge in [0.05, 0.1) is 18.3 Å². The van der Waals surface area contributed by atoms with Gasteiger partial charge in [-0.1, -0.05) is 35.3 Å². The Balaban J connectivity index is 1.90. The lowest BCUT2D eigenvalue weighted by molar-refractivity contribution is -0.131. The second kappa shape index (κ2) is 7.09. The number of hydrazone groups is 1. The van der Waals surface area contributed by atoms with Crippen molar-refractivity contribution in [1.82, 2.24) is 10.3 Å². The maximum Gasteiger partial charge on any atom is 0.346 e. The monoisotopic (exact) mass is 407 g/mol. The highest BCUT2D eigenvalue weighted by Gasteiger charge is 2.49. The first-order valence-corrected chi connectivity index (χ1v) is 8.55. The van der Waals surface area contributed by atoms with E-state index in [0.717, 1.165) is 6.21 Å². The van der Waals surface area contributed by atoms with Gasteiger partial charge in [-0.15, -0.1) is 5.01 Å². The molecule has 0 saturated carbocycles. The van der Waals surface area contributed by atoms with Gasteiger partial charge in [0, 0.05) is 10.6 Å². The summed E-state index contributed by atoms with van der Waals surface area (Å²) in [6.45, 7) is 1.58. The number of rotatable bonds is 4. The fourth-order valence-corrected chi connectivity index (χ4v) is 3.16. The van der Waals surface area contributed by atoms with Gasteiger partial charge in [0.25, 0.3) is 5.91 Å². The van der Waals surface area contributed by atoms with Crippen molar-refractivity contribution in [3.8, 4) is 11.5 Å². The Hall–Kier alpha value is -2.77. The minimum absolute atomic E-state index is 0.0317. The molecule has 27 heavy (non-hydrogen) atoms. The van der Waals surface area contributed by atoms with Crippen LogP contribution < -0.4 is 10.1 Å². The number of carbonyl (C=O) groups excluding carboxylic acids is 2. The van der Waals surface area contributed by atoms with Gasteiger partial charge in [-0.3, -0.25) is 4.79 Å². The third-order valence-electron chi connectivity index (χ3n) is 4.21. The molecule has 0 bridgehead atoms. The van der Waals surface area contributed by atoms with Crippen LogP contribution >= 0.6 is 23.2 Å². The number of halogens is 2. The molecule has 0 radical (unpaired) electrons. The highest BCUT2D eigenvalue weighted by atomic mass is 35.5. The van der Waals surface area contributed by atoms with E-state index in [-0.39, 0.29) is 21.4 Å². The summed E-state index contributed by atoms with van der Waals surface area (Å²) in [4.78, 5) is 25.1. The third kappa shape index (κ3) is 3.43. The van der Waals surface area contributed by atoms with Crippen molar-refractivity contribution in [3.63, 3.8) is 0 Å². The molecule has 1 aliphatic heterocycles. The fraction of sp³-hybridized carbons (Fsp3) is 0.167. The van der Waals surface area contributed by atoms with Crippen LogP contribution in [0.15, 0.2) is 41.5 Å². The van der Waals surface area contributed by atoms with E-state index in [1.54, 1.807) is 31.2 Å². The lowest BCUT2D eigenvalue weighted by atomic mass is 9.92. The van der Waals surface area contributed by atoms with Crippen molar-refractivity contribution in [2.24, 2.45) is 5.10 Å². The molecule has 3 rings (SSSR count). The van der Waals surface area contributed by atoms with Crippen LogP contribution in [0.1, 0.15) is 18.1 Å². The van der Waals surface area contributed by atoms with Gasteiger partial charge in [-0.25, -0.2) is 4.79 Å². The Morgan fingerprint density at radius 3 is 2.52 bits per heavy atom. The van der Waals surface area contributed by atoms with Crippen molar-refractivity contribution in [2.45, 2.75) is 12.5 Å². The van der Waals surface area contributed by atoms with E-state index >= 15 is 0 Å². The zero-order valence-electron chi connectivity index (χ0n) is 14.4. The minimum Gasteiger partial charge on any atom is -0.506 e. The lowest BCUT2D eigenvalue weighted by Gasteiger charge is -2.21. The number of hydrogen-bond donors (Lipinski definition) is 2. The van der Waals surface area contributed by atoms with Crippen LogP contribution in [-0.2, 0) is 10.3 Å². The summed E-state index contributed by atoms with van der Waals surface area (Å²) in [5, 5.41) is 17.5. The van der Waals surface area contributed by atoms with Gasteiger partial charge in [0.15, 0.2) is 0 Å². The van der Waals surface area contributed by atoms with Crippen molar-refractivity contribution < 1.29 is 19.4 Å². The molecule has 3 amide bonds. The van der Waals surface area contributed by atoms with Crippen molar-refractivity contribution in [2.75, 3.05) is 7.11 Å². The zero-order valence-corrected chi connectivity index (χ0v) is 15.9. The Kier molecular flexibility index (Phi) is 4.99. The number of amides is 3. The Morgan fingerprint density at radius 2 is 1.89 bits per heavy atom. The summed E-state index contributed by atoms with van der Waals surface area (Å²) in [5.74, 6) is -0.196. The Labute approximate surface area is 165 Å². The number of methoxy groups -OCH3 is 1. The largest absolute Gasteiger partial charge is 0.506 e. The Morgan fingerprint density at radius 1 is 1.22 bits per heavy atom. The van der Waals surface area contributed by atoms with E-state index in [4.69, 9.17) is 27.9 Å². The number of nitrogens with one attached hydrogen (secondary N) is 1. The van der Waals surface area contributed by atoms with Crippen LogP contribution in [0.4, 0.5) is 4.79 Å². The molecule has 0 aliphatic carbocycles. The van der Waals surface area contributed by atoms with E-state index in [2.05, 4.69) is 10.4 Å². The molecule has 7 nitrogen and oxygen atoms in total. The van der Waals surface area contributed by atoms with Gasteiger partial charge in [-0.05, 0) is 36.8 Å². The quantitative estimate of drug-likeness (QED) is 0.599. The molecule has 0 spiro atoms. The molecular weight excluding hydrogens is 393 g/mol. The van der Waals surface area contributed by atoms with E-state index in [1.807, 2.05) is 0 Å². The maximum absolute atomic E-state index is 12.8. The van der Waals surface area contributed by atoms with E-state index in [0.29, 0.717) is 16.3 Å². The first-order valence-electron chi connectivity index (χ1n) is 7.79. The predicted octanol–water partition coefficient (Wildman–Crippen LogP) is 3.51. The summed E-state index contributed by atoms with van der Waals surface area (Å²) >= 11 is 11.8. The van der Waals surface area contributed by atoms with Crippen molar-refractivity contribution in [1.29, 1.82) is 0 Å². The summed E-state index contributed by atoms with van der Waals surface area (Å²) < 4.78 is 5.10. The second-order valence-corrected chi connectivity index (χ2v) is 6.81. The Bertz CT molecular complexity index is 946. The molecule has 1 saturated heterocycles. The second-order valence-electron chi connectivity index (χ2n) is 5.97. The standard InChI is InChI=1S/C18H15Cl2N3O4/c1-18(11-3-5-13(27-2)6-4-11)16(25)23(17(26)22-18)21-9-10-7-12(19)8-14(20)15(10)24/h3-9,24H,1-2H3,(H,22,26)/b21-9+. The average Bonchev–Trinajstić information content (AvgIpc) is 2.86. The smallest absolute Gasteiger partial charge is 0.346 e. The van der Waals surface area contributed by atoms with Crippen molar-refractivity contribution in [3.05, 3.63) is 57.6 Å². The highest BCUT2D eigenvalue weighted by Crippen LogP contribution is 2.32. The average molecular weight is 408 g/mol. The van der Waals surface area contributed by atoms with E-state index in [1.165, 1.54) is 19.2 Å². The summed E-state index contributed by atoms with van der Waals surface area (Å²) in [6, 6.07) is 8.84. The number of urea groups is 1. The van der Waals surface area contributed by atoms with Crippen LogP contribution in [0.3, 0.4) is 0 Å². The number of phenols is 1. The van der Waals surface area contributed by atoms with Gasteiger partial charge < -0.3 is 15.2 Å². The van der Waals surface area contributed by atoms with E-state index < -0.39 is 17.5 Å².